The lowest BCUT2D eigenvalue weighted by molar-refractivity contribution is -0.123. The van der Waals surface area contributed by atoms with E-state index in [1.165, 1.54) is 0 Å². The minimum absolute atomic E-state index is 0.0503. The quantitative estimate of drug-likeness (QED) is 0.466. The number of carbonyl (C=O) groups excluding carboxylic acids is 1. The van der Waals surface area contributed by atoms with Crippen molar-refractivity contribution in [2.24, 2.45) is 0 Å². The molecule has 188 valence electrons. The Labute approximate surface area is 219 Å². The predicted molar refractivity (Wildman–Crippen MR) is 144 cm³/mol. The number of thiocarbonyl (C=S) groups is 1. The number of hydrogen-bond donors (Lipinski definition) is 1. The zero-order valence-corrected chi connectivity index (χ0v) is 22.5. The molecule has 1 saturated carbocycles. The van der Waals surface area contributed by atoms with Gasteiger partial charge < -0.3 is 14.5 Å². The molecule has 0 radical (unpaired) electrons. The number of benzene rings is 1. The van der Waals surface area contributed by atoms with Crippen LogP contribution < -0.4 is 14.5 Å². The van der Waals surface area contributed by atoms with E-state index in [2.05, 4.69) is 14.6 Å². The third-order valence-electron chi connectivity index (χ3n) is 7.21. The van der Waals surface area contributed by atoms with Crippen LogP contribution in [0.25, 0.3) is 4.85 Å². The Bertz CT molecular complexity index is 1300. The summed E-state index contributed by atoms with van der Waals surface area (Å²) in [5.41, 5.74) is 1.91. The summed E-state index contributed by atoms with van der Waals surface area (Å²) in [6.45, 7) is 15.8. The van der Waals surface area contributed by atoms with E-state index in [-0.39, 0.29) is 5.91 Å². The Balaban J connectivity index is 1.46. The van der Waals surface area contributed by atoms with Gasteiger partial charge in [-0.2, -0.15) is 0 Å². The van der Waals surface area contributed by atoms with Gasteiger partial charge in [-0.3, -0.25) is 9.69 Å². The van der Waals surface area contributed by atoms with Gasteiger partial charge in [0.2, 0.25) is 0 Å². The summed E-state index contributed by atoms with van der Waals surface area (Å²) in [6.07, 6.45) is 3.94. The van der Waals surface area contributed by atoms with Gasteiger partial charge >= 0.3 is 0 Å². The maximum absolute atomic E-state index is 13.7. The van der Waals surface area contributed by atoms with Crippen LogP contribution in [0.2, 0.25) is 0 Å². The molecule has 3 aliphatic rings. The summed E-state index contributed by atoms with van der Waals surface area (Å²) in [4.78, 5) is 24.9. The number of carbonyl (C=O) groups is 1. The van der Waals surface area contributed by atoms with E-state index in [9.17, 15) is 9.00 Å². The maximum Gasteiger partial charge on any atom is 0.272 e. The molecule has 3 fully saturated rings. The molecule has 8 nitrogen and oxygen atoms in total. The lowest BCUT2D eigenvalue weighted by atomic mass is 9.75. The molecule has 3 heterocycles. The molecule has 2 saturated heterocycles. The highest BCUT2D eigenvalue weighted by Gasteiger charge is 2.59. The topological polar surface area (TPSA) is 79.1 Å². The second kappa shape index (κ2) is 8.70. The second-order valence-electron chi connectivity index (χ2n) is 10.7. The van der Waals surface area contributed by atoms with Crippen LogP contribution in [0.4, 0.5) is 17.2 Å². The van der Waals surface area contributed by atoms with Crippen molar-refractivity contribution in [2.45, 2.75) is 62.8 Å². The maximum atomic E-state index is 13.7. The SMILES string of the molecule is [C-]#[N+]c1ncc(N2C(=O)C3(CCC3)N(c3ccc(C4(NS(=O)C(C)(C)C)COC4)cc3)C2=S)cc1C. The second-order valence-corrected chi connectivity index (χ2v) is 13.0. The van der Waals surface area contributed by atoms with Crippen LogP contribution in [0.5, 0.6) is 0 Å². The van der Waals surface area contributed by atoms with E-state index < -0.39 is 26.8 Å². The zero-order valence-electron chi connectivity index (χ0n) is 20.8. The van der Waals surface area contributed by atoms with Crippen LogP contribution in [-0.4, -0.2) is 43.7 Å². The molecule has 36 heavy (non-hydrogen) atoms. The third kappa shape index (κ3) is 3.77. The molecule has 1 N–H and O–H groups in total. The van der Waals surface area contributed by atoms with Gasteiger partial charge in [-0.1, -0.05) is 18.7 Å². The molecular formula is C26H29N5O3S2. The fourth-order valence-corrected chi connectivity index (χ4v) is 6.22. The minimum Gasteiger partial charge on any atom is -0.377 e. The van der Waals surface area contributed by atoms with Crippen LogP contribution in [0.1, 0.15) is 51.2 Å². The molecule has 1 unspecified atom stereocenters. The molecule has 1 amide bonds. The van der Waals surface area contributed by atoms with Crippen LogP contribution in [0.3, 0.4) is 0 Å². The number of ether oxygens (including phenoxy) is 1. The Morgan fingerprint density at radius 2 is 1.86 bits per heavy atom. The monoisotopic (exact) mass is 523 g/mol. The van der Waals surface area contributed by atoms with E-state index in [0.29, 0.717) is 35.4 Å². The number of aromatic nitrogens is 1. The first kappa shape index (κ1) is 25.0. The number of pyridine rings is 1. The summed E-state index contributed by atoms with van der Waals surface area (Å²) < 4.78 is 21.2. The van der Waals surface area contributed by atoms with Crippen molar-refractivity contribution in [3.63, 3.8) is 0 Å². The number of hydrogen-bond acceptors (Lipinski definition) is 5. The van der Waals surface area contributed by atoms with Crippen molar-refractivity contribution in [1.29, 1.82) is 0 Å². The first-order valence-electron chi connectivity index (χ1n) is 11.9. The predicted octanol–water partition coefficient (Wildman–Crippen LogP) is 4.28. The van der Waals surface area contributed by atoms with Crippen molar-refractivity contribution >= 4 is 51.4 Å². The first-order chi connectivity index (χ1) is 17.0. The fraction of sp³-hybridized carbons (Fsp3) is 0.462. The summed E-state index contributed by atoms with van der Waals surface area (Å²) in [5.74, 6) is 0.266. The Kier molecular flexibility index (Phi) is 6.03. The molecule has 1 aromatic carbocycles. The number of anilines is 2. The number of aryl methyl sites for hydroxylation is 1. The standard InChI is InChI=1S/C26H29N5O3S2/c1-17-13-20(14-28-21(17)27-5)30-22(32)26(11-6-12-26)31(23(30)35)19-9-7-18(8-10-19)25(15-34-16-25)29-36(33)24(2,3)4/h7-10,13-14,29H,6,11-12,15-16H2,1-4H3. The van der Waals surface area contributed by atoms with Gasteiger partial charge in [0, 0.05) is 5.69 Å². The van der Waals surface area contributed by atoms with E-state index >= 15 is 0 Å². The van der Waals surface area contributed by atoms with E-state index in [4.69, 9.17) is 23.5 Å². The Hall–Kier alpha value is -2.71. The molecule has 1 aromatic heterocycles. The van der Waals surface area contributed by atoms with E-state index in [1.54, 1.807) is 17.2 Å². The van der Waals surface area contributed by atoms with Crippen molar-refractivity contribution in [2.75, 3.05) is 23.0 Å². The van der Waals surface area contributed by atoms with Crippen molar-refractivity contribution in [1.82, 2.24) is 9.71 Å². The van der Waals surface area contributed by atoms with Gasteiger partial charge in [0.15, 0.2) is 5.11 Å². The molecule has 1 atom stereocenters. The highest BCUT2D eigenvalue weighted by Crippen LogP contribution is 2.48. The van der Waals surface area contributed by atoms with Gasteiger partial charge in [0.25, 0.3) is 11.7 Å². The number of amides is 1. The molecule has 10 heteroatoms. The molecule has 1 aliphatic carbocycles. The molecule has 5 rings (SSSR count). The highest BCUT2D eigenvalue weighted by atomic mass is 32.2. The van der Waals surface area contributed by atoms with Crippen molar-refractivity contribution in [3.05, 3.63) is 59.1 Å². The summed E-state index contributed by atoms with van der Waals surface area (Å²) >= 11 is 5.87. The largest absolute Gasteiger partial charge is 0.377 e. The average molecular weight is 524 g/mol. The molecule has 2 aliphatic heterocycles. The lowest BCUT2D eigenvalue weighted by Crippen LogP contribution is -2.60. The summed E-state index contributed by atoms with van der Waals surface area (Å²) in [7, 11) is -1.25. The van der Waals surface area contributed by atoms with Crippen LogP contribution in [0.15, 0.2) is 36.5 Å². The van der Waals surface area contributed by atoms with Gasteiger partial charge in [-0.05, 0) is 88.5 Å². The minimum atomic E-state index is -1.25. The molecular weight excluding hydrogens is 494 g/mol. The summed E-state index contributed by atoms with van der Waals surface area (Å²) in [6, 6.07) is 9.76. The van der Waals surface area contributed by atoms with Crippen LogP contribution in [-0.2, 0) is 26.1 Å². The third-order valence-corrected chi connectivity index (χ3v) is 9.27. The lowest BCUT2D eigenvalue weighted by Gasteiger charge is -2.44. The van der Waals surface area contributed by atoms with Crippen molar-refractivity contribution in [3.8, 4) is 0 Å². The molecule has 1 spiro atoms. The fourth-order valence-electron chi connectivity index (χ4n) is 4.85. The van der Waals surface area contributed by atoms with Crippen LogP contribution in [0, 0.1) is 13.5 Å². The van der Waals surface area contributed by atoms with Gasteiger partial charge in [0.1, 0.15) is 17.3 Å². The normalized spacial score (nSPS) is 21.2. The Morgan fingerprint density at radius 3 is 2.33 bits per heavy atom. The number of rotatable bonds is 5. The highest BCUT2D eigenvalue weighted by molar-refractivity contribution is 7.84. The average Bonchev–Trinajstić information content (AvgIpc) is 3.02. The van der Waals surface area contributed by atoms with Gasteiger partial charge in [-0.15, -0.1) is 4.98 Å². The van der Waals surface area contributed by atoms with Gasteiger partial charge in [-0.25, -0.2) is 8.93 Å². The van der Waals surface area contributed by atoms with E-state index in [1.807, 2.05) is 56.9 Å². The van der Waals surface area contributed by atoms with Crippen molar-refractivity contribution < 1.29 is 13.7 Å². The van der Waals surface area contributed by atoms with Crippen LogP contribution >= 0.6 is 12.2 Å². The zero-order chi connectivity index (χ0) is 25.9. The first-order valence-corrected chi connectivity index (χ1v) is 13.5. The molecule has 0 bridgehead atoms. The number of nitrogens with zero attached hydrogens (tertiary/aromatic N) is 4. The smallest absolute Gasteiger partial charge is 0.272 e. The summed E-state index contributed by atoms with van der Waals surface area (Å²) in [5, 5.41) is 0.415. The van der Waals surface area contributed by atoms with E-state index in [0.717, 1.165) is 30.5 Å². The van der Waals surface area contributed by atoms with Gasteiger partial charge in [0.05, 0.1) is 34.6 Å². The molecule has 2 aromatic rings. The number of nitrogens with one attached hydrogen (secondary N) is 1. The Morgan fingerprint density at radius 1 is 1.19 bits per heavy atom.